The molecule has 3 heteroatoms. The molecule has 14 heavy (non-hydrogen) atoms. The van der Waals surface area contributed by atoms with Crippen molar-refractivity contribution < 1.29 is 5.11 Å². The summed E-state index contributed by atoms with van der Waals surface area (Å²) in [5.41, 5.74) is 1.56. The Hall–Kier alpha value is -1.09. The Balaban J connectivity index is 2.80. The summed E-state index contributed by atoms with van der Waals surface area (Å²) < 4.78 is 0. The number of hydrogen-bond donors (Lipinski definition) is 1. The van der Waals surface area contributed by atoms with Crippen molar-refractivity contribution in [2.24, 2.45) is 0 Å². The third-order valence-electron chi connectivity index (χ3n) is 2.03. The lowest BCUT2D eigenvalue weighted by atomic mass is 10.1. The molecule has 0 aliphatic heterocycles. The van der Waals surface area contributed by atoms with E-state index < -0.39 is 5.60 Å². The van der Waals surface area contributed by atoms with Crippen LogP contribution in [0.1, 0.15) is 19.4 Å². The largest absolute Gasteiger partial charge is 0.389 e. The van der Waals surface area contributed by atoms with Crippen molar-refractivity contribution in [2.75, 3.05) is 18.5 Å². The molecule has 0 unspecified atom stereocenters. The summed E-state index contributed by atoms with van der Waals surface area (Å²) in [6.45, 7) is 6.24. The number of aliphatic hydroxyl groups is 1. The summed E-state index contributed by atoms with van der Waals surface area (Å²) in [7, 11) is 1.97. The van der Waals surface area contributed by atoms with Crippen LogP contribution in [0.5, 0.6) is 0 Å². The van der Waals surface area contributed by atoms with Crippen LogP contribution < -0.4 is 4.90 Å². The Labute approximate surface area is 85.4 Å². The summed E-state index contributed by atoms with van der Waals surface area (Å²) in [5.74, 6) is 0. The van der Waals surface area contributed by atoms with Gasteiger partial charge in [0.05, 0.1) is 5.60 Å². The van der Waals surface area contributed by atoms with Crippen LogP contribution in [0.3, 0.4) is 0 Å². The van der Waals surface area contributed by atoms with Gasteiger partial charge in [-0.2, -0.15) is 0 Å². The van der Waals surface area contributed by atoms with Gasteiger partial charge in [0, 0.05) is 31.7 Å². The normalized spacial score (nSPS) is 11.5. The fraction of sp³-hybridized carbons (Fsp3) is 0.545. The van der Waals surface area contributed by atoms with Crippen LogP contribution in [0.2, 0.25) is 0 Å². The van der Waals surface area contributed by atoms with Crippen molar-refractivity contribution in [3.8, 4) is 0 Å². The Morgan fingerprint density at radius 2 is 2.14 bits per heavy atom. The lowest BCUT2D eigenvalue weighted by Crippen LogP contribution is -2.36. The van der Waals surface area contributed by atoms with Crippen LogP contribution in [0.25, 0.3) is 0 Å². The van der Waals surface area contributed by atoms with Crippen LogP contribution in [-0.2, 0) is 0 Å². The molecule has 1 heterocycles. The zero-order valence-electron chi connectivity index (χ0n) is 9.28. The minimum Gasteiger partial charge on any atom is -0.389 e. The highest BCUT2D eigenvalue weighted by Crippen LogP contribution is 2.18. The molecule has 1 aromatic rings. The number of nitrogens with zero attached hydrogens (tertiary/aromatic N) is 2. The third kappa shape index (κ3) is 3.00. The van der Waals surface area contributed by atoms with E-state index in [0.29, 0.717) is 6.54 Å². The number of aryl methyl sites for hydroxylation is 1. The molecule has 0 fully saturated rings. The molecule has 0 bridgehead atoms. The van der Waals surface area contributed by atoms with Crippen LogP contribution in [0.15, 0.2) is 18.5 Å². The van der Waals surface area contributed by atoms with Crippen LogP contribution in [-0.4, -0.2) is 29.3 Å². The average Bonchev–Trinajstić information content (AvgIpc) is 2.01. The van der Waals surface area contributed by atoms with Gasteiger partial charge in [0.2, 0.25) is 0 Å². The zero-order chi connectivity index (χ0) is 10.8. The first-order chi connectivity index (χ1) is 6.40. The predicted octanol–water partition coefficient (Wildman–Crippen LogP) is 1.60. The maximum Gasteiger partial charge on any atom is 0.0765 e. The summed E-state index contributed by atoms with van der Waals surface area (Å²) in [4.78, 5) is 6.07. The lowest BCUT2D eigenvalue weighted by Gasteiger charge is -2.28. The van der Waals surface area contributed by atoms with Crippen molar-refractivity contribution in [1.29, 1.82) is 0 Å². The maximum atomic E-state index is 9.68. The van der Waals surface area contributed by atoms with Crippen molar-refractivity contribution in [1.82, 2.24) is 4.98 Å². The highest BCUT2D eigenvalue weighted by atomic mass is 16.3. The van der Waals surface area contributed by atoms with Gasteiger partial charge in [-0.3, -0.25) is 4.98 Å². The summed E-state index contributed by atoms with van der Waals surface area (Å²) in [6.07, 6.45) is 3.60. The fourth-order valence-electron chi connectivity index (χ4n) is 1.56. The lowest BCUT2D eigenvalue weighted by molar-refractivity contribution is 0.0886. The number of aromatic nitrogens is 1. The number of anilines is 1. The van der Waals surface area contributed by atoms with E-state index in [1.165, 1.54) is 0 Å². The topological polar surface area (TPSA) is 36.4 Å². The zero-order valence-corrected chi connectivity index (χ0v) is 9.28. The van der Waals surface area contributed by atoms with Gasteiger partial charge < -0.3 is 10.0 Å². The Bertz CT molecular complexity index is 304. The van der Waals surface area contributed by atoms with Crippen LogP contribution in [0, 0.1) is 6.92 Å². The molecule has 0 atom stereocenters. The summed E-state index contributed by atoms with van der Waals surface area (Å²) in [5, 5.41) is 9.68. The van der Waals surface area contributed by atoms with E-state index in [0.717, 1.165) is 11.3 Å². The minimum absolute atomic E-state index is 0.609. The first-order valence-corrected chi connectivity index (χ1v) is 4.74. The van der Waals surface area contributed by atoms with Crippen molar-refractivity contribution in [3.63, 3.8) is 0 Å². The molecular weight excluding hydrogens is 176 g/mol. The quantitative estimate of drug-likeness (QED) is 0.794. The molecule has 0 amide bonds. The van der Waals surface area contributed by atoms with Crippen LogP contribution >= 0.6 is 0 Å². The summed E-state index contributed by atoms with van der Waals surface area (Å²) >= 11 is 0. The van der Waals surface area contributed by atoms with Gasteiger partial charge in [0.1, 0.15) is 0 Å². The van der Waals surface area contributed by atoms with Crippen molar-refractivity contribution in [2.45, 2.75) is 26.4 Å². The molecule has 78 valence electrons. The van der Waals surface area contributed by atoms with E-state index in [9.17, 15) is 5.11 Å². The number of rotatable bonds is 3. The monoisotopic (exact) mass is 194 g/mol. The minimum atomic E-state index is -0.676. The van der Waals surface area contributed by atoms with E-state index in [1.807, 2.05) is 31.1 Å². The fourth-order valence-corrected chi connectivity index (χ4v) is 1.56. The molecule has 0 aromatic carbocycles. The van der Waals surface area contributed by atoms with Gasteiger partial charge in [-0.05, 0) is 32.4 Å². The molecule has 1 N–H and O–H groups in total. The molecule has 0 saturated carbocycles. The predicted molar refractivity (Wildman–Crippen MR) is 58.5 cm³/mol. The highest BCUT2D eigenvalue weighted by molar-refractivity contribution is 5.50. The Morgan fingerprint density at radius 3 is 2.64 bits per heavy atom. The molecule has 1 aromatic heterocycles. The first kappa shape index (κ1) is 11.0. The molecule has 0 aliphatic carbocycles. The van der Waals surface area contributed by atoms with Crippen LogP contribution in [0.4, 0.5) is 5.69 Å². The molecule has 3 nitrogen and oxygen atoms in total. The third-order valence-corrected chi connectivity index (χ3v) is 2.03. The summed E-state index contributed by atoms with van der Waals surface area (Å²) in [6, 6.07) is 1.96. The second kappa shape index (κ2) is 3.96. The smallest absolute Gasteiger partial charge is 0.0765 e. The highest BCUT2D eigenvalue weighted by Gasteiger charge is 2.16. The van der Waals surface area contributed by atoms with Gasteiger partial charge in [-0.1, -0.05) is 0 Å². The van der Waals surface area contributed by atoms with E-state index in [1.54, 1.807) is 20.0 Å². The molecule has 0 spiro atoms. The number of pyridine rings is 1. The Kier molecular flexibility index (Phi) is 3.11. The van der Waals surface area contributed by atoms with Gasteiger partial charge in [0.25, 0.3) is 0 Å². The van der Waals surface area contributed by atoms with Gasteiger partial charge in [-0.15, -0.1) is 0 Å². The standard InChI is InChI=1S/C11H18N2O/c1-9-7-12-6-5-10(9)13(4)8-11(2,3)14/h5-7,14H,8H2,1-4H3. The SMILES string of the molecule is Cc1cnccc1N(C)CC(C)(C)O. The molecule has 0 saturated heterocycles. The van der Waals surface area contributed by atoms with E-state index in [4.69, 9.17) is 0 Å². The van der Waals surface area contributed by atoms with Crippen molar-refractivity contribution in [3.05, 3.63) is 24.0 Å². The van der Waals surface area contributed by atoms with Gasteiger partial charge in [-0.25, -0.2) is 0 Å². The molecule has 0 radical (unpaired) electrons. The molecule has 1 rings (SSSR count). The van der Waals surface area contributed by atoms with Crippen molar-refractivity contribution >= 4 is 5.69 Å². The average molecular weight is 194 g/mol. The second-order valence-corrected chi connectivity index (χ2v) is 4.33. The van der Waals surface area contributed by atoms with Gasteiger partial charge in [0.15, 0.2) is 0 Å². The molecule has 0 aliphatic rings. The number of likely N-dealkylation sites (N-methyl/N-ethyl adjacent to an activating group) is 1. The maximum absolute atomic E-state index is 9.68. The van der Waals surface area contributed by atoms with E-state index in [2.05, 4.69) is 4.98 Å². The second-order valence-electron chi connectivity index (χ2n) is 4.33. The first-order valence-electron chi connectivity index (χ1n) is 4.74. The van der Waals surface area contributed by atoms with Gasteiger partial charge >= 0.3 is 0 Å². The van der Waals surface area contributed by atoms with E-state index >= 15 is 0 Å². The Morgan fingerprint density at radius 1 is 1.50 bits per heavy atom. The number of hydrogen-bond acceptors (Lipinski definition) is 3. The van der Waals surface area contributed by atoms with E-state index in [-0.39, 0.29) is 0 Å². The molecular formula is C11H18N2O.